The van der Waals surface area contributed by atoms with Crippen LogP contribution >= 0.6 is 0 Å². The van der Waals surface area contributed by atoms with Crippen LogP contribution in [-0.2, 0) is 6.42 Å². The zero-order valence-electron chi connectivity index (χ0n) is 11.4. The van der Waals surface area contributed by atoms with Gasteiger partial charge in [-0.25, -0.2) is 0 Å². The Morgan fingerprint density at radius 1 is 1.22 bits per heavy atom. The van der Waals surface area contributed by atoms with Crippen molar-refractivity contribution in [3.63, 3.8) is 0 Å². The fourth-order valence-corrected chi connectivity index (χ4v) is 2.89. The van der Waals surface area contributed by atoms with E-state index in [0.29, 0.717) is 11.8 Å². The third kappa shape index (κ3) is 4.34. The number of nitrogens with one attached hydrogen (secondary N) is 1. The molecule has 18 heavy (non-hydrogen) atoms. The van der Waals surface area contributed by atoms with E-state index in [9.17, 15) is 5.11 Å². The molecule has 2 N–H and O–H groups in total. The van der Waals surface area contributed by atoms with Gasteiger partial charge < -0.3 is 10.4 Å². The predicted octanol–water partition coefficient (Wildman–Crippen LogP) is 3.49. The highest BCUT2D eigenvalue weighted by molar-refractivity contribution is 5.26. The summed E-state index contributed by atoms with van der Waals surface area (Å²) in [5.41, 5.74) is 1.29. The number of phenols is 1. The molecule has 1 fully saturated rings. The zero-order chi connectivity index (χ0) is 12.8. The number of phenolic OH excluding ortho intramolecular Hbond substituents is 1. The van der Waals surface area contributed by atoms with Crippen molar-refractivity contribution in [2.24, 2.45) is 5.92 Å². The van der Waals surface area contributed by atoms with Gasteiger partial charge in [0.15, 0.2) is 0 Å². The van der Waals surface area contributed by atoms with Crippen molar-refractivity contribution in [3.05, 3.63) is 29.8 Å². The molecule has 2 rings (SSSR count). The number of benzene rings is 1. The molecule has 0 saturated heterocycles. The van der Waals surface area contributed by atoms with E-state index in [1.807, 2.05) is 12.1 Å². The summed E-state index contributed by atoms with van der Waals surface area (Å²) in [5.74, 6) is 1.32. The lowest BCUT2D eigenvalue weighted by molar-refractivity contribution is 0.448. The van der Waals surface area contributed by atoms with Gasteiger partial charge in [-0.1, -0.05) is 37.8 Å². The molecule has 0 radical (unpaired) electrons. The number of hydrogen-bond donors (Lipinski definition) is 2. The van der Waals surface area contributed by atoms with E-state index >= 15 is 0 Å². The largest absolute Gasteiger partial charge is 0.508 e. The third-order valence-electron chi connectivity index (χ3n) is 4.00. The van der Waals surface area contributed by atoms with Crippen LogP contribution in [0, 0.1) is 5.92 Å². The first-order valence-corrected chi connectivity index (χ1v) is 7.25. The van der Waals surface area contributed by atoms with Gasteiger partial charge in [0.05, 0.1) is 0 Å². The van der Waals surface area contributed by atoms with Crippen molar-refractivity contribution in [1.82, 2.24) is 5.32 Å². The minimum atomic E-state index is 0.348. The first kappa shape index (κ1) is 13.4. The van der Waals surface area contributed by atoms with Crippen LogP contribution in [0.4, 0.5) is 0 Å². The maximum atomic E-state index is 9.24. The Morgan fingerprint density at radius 3 is 2.56 bits per heavy atom. The Labute approximate surface area is 110 Å². The van der Waals surface area contributed by atoms with Crippen molar-refractivity contribution >= 4 is 0 Å². The fourth-order valence-electron chi connectivity index (χ4n) is 2.89. The molecule has 1 aromatic rings. The lowest BCUT2D eigenvalue weighted by atomic mass is 10.0. The van der Waals surface area contributed by atoms with Gasteiger partial charge in [0, 0.05) is 6.04 Å². The second-order valence-electron chi connectivity index (χ2n) is 5.66. The van der Waals surface area contributed by atoms with Gasteiger partial charge in [0.1, 0.15) is 5.75 Å². The average molecular weight is 247 g/mol. The molecular formula is C16H25NO. The Hall–Kier alpha value is -1.02. The van der Waals surface area contributed by atoms with Crippen molar-refractivity contribution in [3.8, 4) is 5.75 Å². The summed E-state index contributed by atoms with van der Waals surface area (Å²) in [6.45, 7) is 3.38. The maximum Gasteiger partial charge on any atom is 0.115 e. The van der Waals surface area contributed by atoms with Crippen LogP contribution in [0.5, 0.6) is 5.75 Å². The van der Waals surface area contributed by atoms with E-state index in [2.05, 4.69) is 12.2 Å². The van der Waals surface area contributed by atoms with Crippen LogP contribution in [0.15, 0.2) is 24.3 Å². The minimum absolute atomic E-state index is 0.348. The van der Waals surface area contributed by atoms with Crippen LogP contribution in [-0.4, -0.2) is 17.7 Å². The average Bonchev–Trinajstić information content (AvgIpc) is 2.85. The number of aromatic hydroxyl groups is 1. The van der Waals surface area contributed by atoms with E-state index in [0.717, 1.165) is 18.9 Å². The molecule has 1 saturated carbocycles. The summed E-state index contributed by atoms with van der Waals surface area (Å²) in [4.78, 5) is 0. The van der Waals surface area contributed by atoms with Gasteiger partial charge in [-0.05, 0) is 49.9 Å². The molecule has 0 amide bonds. The molecule has 2 nitrogen and oxygen atoms in total. The molecule has 0 spiro atoms. The first-order chi connectivity index (χ1) is 8.74. The van der Waals surface area contributed by atoms with E-state index in [1.54, 1.807) is 12.1 Å². The monoisotopic (exact) mass is 247 g/mol. The van der Waals surface area contributed by atoms with E-state index < -0.39 is 0 Å². The van der Waals surface area contributed by atoms with Gasteiger partial charge >= 0.3 is 0 Å². The van der Waals surface area contributed by atoms with Crippen LogP contribution < -0.4 is 5.32 Å². The Kier molecular flexibility index (Phi) is 5.06. The fraction of sp³-hybridized carbons (Fsp3) is 0.625. The molecule has 100 valence electrons. The molecule has 1 aromatic carbocycles. The third-order valence-corrected chi connectivity index (χ3v) is 4.00. The van der Waals surface area contributed by atoms with Gasteiger partial charge in [-0.2, -0.15) is 0 Å². The molecule has 1 aliphatic rings. The topological polar surface area (TPSA) is 32.3 Å². The molecular weight excluding hydrogens is 222 g/mol. The lowest BCUT2D eigenvalue weighted by Crippen LogP contribution is -2.29. The number of rotatable bonds is 6. The summed E-state index contributed by atoms with van der Waals surface area (Å²) in [6.07, 6.45) is 8.12. The van der Waals surface area contributed by atoms with Crippen molar-refractivity contribution in [2.75, 3.05) is 6.54 Å². The Bertz CT molecular complexity index is 341. The summed E-state index contributed by atoms with van der Waals surface area (Å²) < 4.78 is 0. The van der Waals surface area contributed by atoms with Gasteiger partial charge in [-0.3, -0.25) is 0 Å². The highest BCUT2D eigenvalue weighted by atomic mass is 16.3. The van der Waals surface area contributed by atoms with E-state index in [4.69, 9.17) is 0 Å². The maximum absolute atomic E-state index is 9.24. The summed E-state index contributed by atoms with van der Waals surface area (Å²) in [7, 11) is 0. The number of hydrogen-bond acceptors (Lipinski definition) is 2. The van der Waals surface area contributed by atoms with Crippen LogP contribution in [0.25, 0.3) is 0 Å². The molecule has 0 aliphatic heterocycles. The zero-order valence-corrected chi connectivity index (χ0v) is 11.4. The van der Waals surface area contributed by atoms with Gasteiger partial charge in [0.2, 0.25) is 0 Å². The summed E-state index contributed by atoms with van der Waals surface area (Å²) >= 11 is 0. The van der Waals surface area contributed by atoms with Crippen LogP contribution in [0.2, 0.25) is 0 Å². The van der Waals surface area contributed by atoms with Crippen LogP contribution in [0.1, 0.15) is 44.6 Å². The second-order valence-corrected chi connectivity index (χ2v) is 5.66. The quantitative estimate of drug-likeness (QED) is 0.806. The highest BCUT2D eigenvalue weighted by Gasteiger charge is 2.14. The molecule has 0 bridgehead atoms. The molecule has 1 atom stereocenters. The van der Waals surface area contributed by atoms with Crippen molar-refractivity contribution in [1.29, 1.82) is 0 Å². The molecule has 1 unspecified atom stereocenters. The minimum Gasteiger partial charge on any atom is -0.508 e. The molecule has 0 aromatic heterocycles. The summed E-state index contributed by atoms with van der Waals surface area (Å²) in [6, 6.07) is 8.05. The molecule has 2 heteroatoms. The van der Waals surface area contributed by atoms with Gasteiger partial charge in [-0.15, -0.1) is 0 Å². The van der Waals surface area contributed by atoms with Crippen molar-refractivity contribution in [2.45, 2.75) is 51.5 Å². The lowest BCUT2D eigenvalue weighted by Gasteiger charge is -2.16. The van der Waals surface area contributed by atoms with Crippen molar-refractivity contribution < 1.29 is 5.11 Å². The summed E-state index contributed by atoms with van der Waals surface area (Å²) in [5, 5.41) is 12.8. The van der Waals surface area contributed by atoms with E-state index in [-0.39, 0.29) is 0 Å². The smallest absolute Gasteiger partial charge is 0.115 e. The normalized spacial score (nSPS) is 18.1. The first-order valence-electron chi connectivity index (χ1n) is 7.25. The van der Waals surface area contributed by atoms with Crippen LogP contribution in [0.3, 0.4) is 0 Å². The predicted molar refractivity (Wildman–Crippen MR) is 75.9 cm³/mol. The Balaban J connectivity index is 1.65. The second kappa shape index (κ2) is 6.79. The van der Waals surface area contributed by atoms with Gasteiger partial charge in [0.25, 0.3) is 0 Å². The molecule has 0 heterocycles. The Morgan fingerprint density at radius 2 is 1.89 bits per heavy atom. The standard InChI is InChI=1S/C16H25NO/c1-13(12-15-6-8-16(18)9-7-15)17-11-10-14-4-2-3-5-14/h6-9,13-14,17-18H,2-5,10-12H2,1H3. The SMILES string of the molecule is CC(Cc1ccc(O)cc1)NCCC1CCCC1. The van der Waals surface area contributed by atoms with E-state index in [1.165, 1.54) is 37.7 Å². The highest BCUT2D eigenvalue weighted by Crippen LogP contribution is 2.26. The molecule has 1 aliphatic carbocycles.